The van der Waals surface area contributed by atoms with Gasteiger partial charge in [-0.2, -0.15) is 0 Å². The molecule has 0 N–H and O–H groups in total. The van der Waals surface area contributed by atoms with Crippen molar-refractivity contribution in [3.05, 3.63) is 0 Å². The third-order valence-corrected chi connectivity index (χ3v) is 11.1. The number of carbonyl (C=O) groups is 3. The molecule has 0 aliphatic rings. The second-order valence-electron chi connectivity index (χ2n) is 16.7. The molecule has 0 aromatic heterocycles. The Kier molecular flexibility index (Phi) is 43.8. The highest BCUT2D eigenvalue weighted by atomic mass is 16.6. The average molecular weight is 779 g/mol. The largest absolute Gasteiger partial charge is 0.462 e. The first-order chi connectivity index (χ1) is 27.0. The van der Waals surface area contributed by atoms with Gasteiger partial charge in [0.05, 0.1) is 0 Å². The van der Waals surface area contributed by atoms with Crippen molar-refractivity contribution in [2.24, 2.45) is 0 Å². The zero-order valence-corrected chi connectivity index (χ0v) is 37.2. The van der Waals surface area contributed by atoms with Crippen molar-refractivity contribution in [3.8, 4) is 0 Å². The fraction of sp³-hybridized carbons (Fsp3) is 0.939. The summed E-state index contributed by atoms with van der Waals surface area (Å²) in [6, 6.07) is 0. The van der Waals surface area contributed by atoms with Gasteiger partial charge in [-0.1, -0.05) is 239 Å². The summed E-state index contributed by atoms with van der Waals surface area (Å²) in [5.41, 5.74) is 0. The summed E-state index contributed by atoms with van der Waals surface area (Å²) in [5.74, 6) is -0.870. The van der Waals surface area contributed by atoms with Crippen LogP contribution in [0, 0.1) is 0 Å². The molecule has 1 atom stereocenters. The van der Waals surface area contributed by atoms with Gasteiger partial charge in [-0.3, -0.25) is 14.4 Å². The summed E-state index contributed by atoms with van der Waals surface area (Å²) in [6.45, 7) is 6.55. The van der Waals surface area contributed by atoms with Gasteiger partial charge in [0.25, 0.3) is 0 Å². The van der Waals surface area contributed by atoms with Gasteiger partial charge in [0.1, 0.15) is 13.2 Å². The number of hydrogen-bond acceptors (Lipinski definition) is 6. The van der Waals surface area contributed by atoms with Gasteiger partial charge in [0.2, 0.25) is 0 Å². The lowest BCUT2D eigenvalue weighted by atomic mass is 10.0. The van der Waals surface area contributed by atoms with Gasteiger partial charge < -0.3 is 14.2 Å². The molecule has 0 aliphatic heterocycles. The minimum absolute atomic E-state index is 0.0643. The maximum Gasteiger partial charge on any atom is 0.306 e. The Bertz CT molecular complexity index is 813. The molecule has 0 saturated heterocycles. The number of rotatable bonds is 45. The fourth-order valence-electron chi connectivity index (χ4n) is 7.38. The zero-order valence-electron chi connectivity index (χ0n) is 37.2. The SMILES string of the molecule is CCCCCCCCCCCCCCCCCCCCCCCCCCC(=O)OCC(COC(=O)CCCCCCC)OC(=O)CCCCCCCCCC. The van der Waals surface area contributed by atoms with E-state index in [0.717, 1.165) is 64.2 Å². The minimum atomic E-state index is -0.756. The Morgan fingerprint density at radius 2 is 0.491 bits per heavy atom. The molecule has 0 radical (unpaired) electrons. The Morgan fingerprint density at radius 1 is 0.291 bits per heavy atom. The third-order valence-electron chi connectivity index (χ3n) is 11.1. The second kappa shape index (κ2) is 45.1. The average Bonchev–Trinajstić information content (AvgIpc) is 3.18. The summed E-state index contributed by atoms with van der Waals surface area (Å²) >= 11 is 0. The molecule has 0 fully saturated rings. The molecule has 1 unspecified atom stereocenters. The summed E-state index contributed by atoms with van der Waals surface area (Å²) in [7, 11) is 0. The van der Waals surface area contributed by atoms with Gasteiger partial charge in [0.15, 0.2) is 6.10 Å². The van der Waals surface area contributed by atoms with E-state index < -0.39 is 6.10 Å². The highest BCUT2D eigenvalue weighted by Crippen LogP contribution is 2.17. The van der Waals surface area contributed by atoms with Gasteiger partial charge in [-0.15, -0.1) is 0 Å². The molecule has 6 heteroatoms. The molecule has 0 bridgehead atoms. The molecule has 0 spiro atoms. The summed E-state index contributed by atoms with van der Waals surface area (Å²) in [6.07, 6.45) is 47.2. The number of esters is 3. The number of carbonyl (C=O) groups excluding carboxylic acids is 3. The maximum absolute atomic E-state index is 12.6. The Hall–Kier alpha value is -1.59. The van der Waals surface area contributed by atoms with Crippen LogP contribution in [0.15, 0.2) is 0 Å². The number of ether oxygens (including phenoxy) is 3. The molecular formula is C49H94O6. The van der Waals surface area contributed by atoms with Crippen molar-refractivity contribution in [1.82, 2.24) is 0 Å². The molecule has 326 valence electrons. The molecule has 0 rings (SSSR count). The van der Waals surface area contributed by atoms with Crippen molar-refractivity contribution in [1.29, 1.82) is 0 Å². The van der Waals surface area contributed by atoms with E-state index in [1.54, 1.807) is 0 Å². The number of unbranched alkanes of at least 4 members (excludes halogenated alkanes) is 34. The molecule has 0 aliphatic carbocycles. The van der Waals surface area contributed by atoms with E-state index in [-0.39, 0.29) is 31.1 Å². The van der Waals surface area contributed by atoms with E-state index >= 15 is 0 Å². The van der Waals surface area contributed by atoms with Crippen LogP contribution in [0.5, 0.6) is 0 Å². The van der Waals surface area contributed by atoms with Gasteiger partial charge in [-0.25, -0.2) is 0 Å². The molecule has 0 heterocycles. The first kappa shape index (κ1) is 53.4. The van der Waals surface area contributed by atoms with E-state index in [4.69, 9.17) is 14.2 Å². The fourth-order valence-corrected chi connectivity index (χ4v) is 7.38. The molecular weight excluding hydrogens is 685 g/mol. The van der Waals surface area contributed by atoms with Crippen molar-refractivity contribution in [2.75, 3.05) is 13.2 Å². The zero-order chi connectivity index (χ0) is 40.1. The van der Waals surface area contributed by atoms with Crippen molar-refractivity contribution < 1.29 is 28.6 Å². The van der Waals surface area contributed by atoms with Crippen LogP contribution >= 0.6 is 0 Å². The van der Waals surface area contributed by atoms with Crippen LogP contribution in [0.2, 0.25) is 0 Å². The van der Waals surface area contributed by atoms with E-state index in [9.17, 15) is 14.4 Å². The summed E-state index contributed by atoms with van der Waals surface area (Å²) in [4.78, 5) is 37.4. The van der Waals surface area contributed by atoms with Crippen molar-refractivity contribution in [2.45, 2.75) is 284 Å². The van der Waals surface area contributed by atoms with E-state index in [0.29, 0.717) is 19.3 Å². The summed E-state index contributed by atoms with van der Waals surface area (Å²) < 4.78 is 16.6. The second-order valence-corrected chi connectivity index (χ2v) is 16.7. The van der Waals surface area contributed by atoms with E-state index in [2.05, 4.69) is 20.8 Å². The minimum Gasteiger partial charge on any atom is -0.462 e. The van der Waals surface area contributed by atoms with Crippen molar-refractivity contribution in [3.63, 3.8) is 0 Å². The first-order valence-corrected chi connectivity index (χ1v) is 24.5. The van der Waals surface area contributed by atoms with Gasteiger partial charge in [0, 0.05) is 19.3 Å². The molecule has 55 heavy (non-hydrogen) atoms. The summed E-state index contributed by atoms with van der Waals surface area (Å²) in [5, 5.41) is 0. The Labute approximate surface area is 342 Å². The lowest BCUT2D eigenvalue weighted by Crippen LogP contribution is -2.30. The molecule has 0 saturated carbocycles. The maximum atomic E-state index is 12.6. The predicted octanol–water partition coefficient (Wildman–Crippen LogP) is 15.6. The van der Waals surface area contributed by atoms with Crippen LogP contribution in [-0.4, -0.2) is 37.2 Å². The highest BCUT2D eigenvalue weighted by Gasteiger charge is 2.19. The quantitative estimate of drug-likeness (QED) is 0.0348. The van der Waals surface area contributed by atoms with Crippen LogP contribution < -0.4 is 0 Å². The van der Waals surface area contributed by atoms with Gasteiger partial charge in [-0.05, 0) is 19.3 Å². The smallest absolute Gasteiger partial charge is 0.306 e. The van der Waals surface area contributed by atoms with Crippen LogP contribution in [-0.2, 0) is 28.6 Å². The van der Waals surface area contributed by atoms with Gasteiger partial charge >= 0.3 is 17.9 Å². The van der Waals surface area contributed by atoms with Crippen molar-refractivity contribution >= 4 is 17.9 Å². The van der Waals surface area contributed by atoms with E-state index in [1.807, 2.05) is 0 Å². The lowest BCUT2D eigenvalue weighted by molar-refractivity contribution is -0.167. The van der Waals surface area contributed by atoms with E-state index in [1.165, 1.54) is 173 Å². The monoisotopic (exact) mass is 779 g/mol. The topological polar surface area (TPSA) is 78.9 Å². The Morgan fingerprint density at radius 3 is 0.727 bits per heavy atom. The molecule has 0 aromatic carbocycles. The standard InChI is InChI=1S/C49H94O6/c1-4-7-10-13-15-17-18-19-20-21-22-23-24-25-26-27-28-29-30-31-32-34-36-39-42-48(51)54-45-46(44-53-47(50)41-38-35-12-9-6-3)55-49(52)43-40-37-33-16-14-11-8-5-2/h46H,4-45H2,1-3H3. The third kappa shape index (κ3) is 43.4. The lowest BCUT2D eigenvalue weighted by Gasteiger charge is -2.18. The molecule has 0 aromatic rings. The van der Waals surface area contributed by atoms with Crippen LogP contribution in [0.4, 0.5) is 0 Å². The number of hydrogen-bond donors (Lipinski definition) is 0. The normalized spacial score (nSPS) is 11.8. The highest BCUT2D eigenvalue weighted by molar-refractivity contribution is 5.71. The Balaban J connectivity index is 3.91. The molecule has 6 nitrogen and oxygen atoms in total. The first-order valence-electron chi connectivity index (χ1n) is 24.5. The molecule has 0 amide bonds. The predicted molar refractivity (Wildman–Crippen MR) is 233 cm³/mol. The van der Waals surface area contributed by atoms with Crippen LogP contribution in [0.25, 0.3) is 0 Å². The van der Waals surface area contributed by atoms with Crippen LogP contribution in [0.3, 0.4) is 0 Å². The van der Waals surface area contributed by atoms with Crippen LogP contribution in [0.1, 0.15) is 278 Å².